The molecule has 0 radical (unpaired) electrons. The third kappa shape index (κ3) is 4.15. The quantitative estimate of drug-likeness (QED) is 0.698. The van der Waals surface area contributed by atoms with E-state index in [4.69, 9.17) is 0 Å². The maximum atomic E-state index is 14.1. The average molecular weight is 437 g/mol. The van der Waals surface area contributed by atoms with Crippen LogP contribution < -0.4 is 0 Å². The Labute approximate surface area is 179 Å². The van der Waals surface area contributed by atoms with E-state index in [-0.39, 0.29) is 22.1 Å². The third-order valence-electron chi connectivity index (χ3n) is 7.58. The molecule has 1 unspecified atom stereocenters. The van der Waals surface area contributed by atoms with Crippen molar-refractivity contribution in [2.45, 2.75) is 69.6 Å². The Balaban J connectivity index is 1.52. The van der Waals surface area contributed by atoms with Gasteiger partial charge in [-0.3, -0.25) is 4.79 Å². The Hall–Kier alpha value is -1.47. The predicted octanol–water partition coefficient (Wildman–Crippen LogP) is 4.11. The summed E-state index contributed by atoms with van der Waals surface area (Å²) in [6.07, 6.45) is 8.86. The molecule has 3 aliphatic rings. The number of hydrogen-bond donors (Lipinski definition) is 0. The molecule has 1 aromatic carbocycles. The van der Waals surface area contributed by atoms with Gasteiger partial charge >= 0.3 is 0 Å². The highest BCUT2D eigenvalue weighted by molar-refractivity contribution is 7.89. The maximum Gasteiger partial charge on any atom is 0.243 e. The molecule has 7 heteroatoms. The predicted molar refractivity (Wildman–Crippen MR) is 114 cm³/mol. The lowest BCUT2D eigenvalue weighted by molar-refractivity contribution is -0.130. The van der Waals surface area contributed by atoms with Crippen LogP contribution in [0.3, 0.4) is 0 Å². The van der Waals surface area contributed by atoms with E-state index in [0.29, 0.717) is 25.1 Å². The molecule has 4 rings (SSSR count). The van der Waals surface area contributed by atoms with Crippen LogP contribution in [0.2, 0.25) is 0 Å². The van der Waals surface area contributed by atoms with E-state index in [1.807, 2.05) is 4.90 Å². The second kappa shape index (κ2) is 8.58. The number of hydrogen-bond acceptors (Lipinski definition) is 3. The van der Waals surface area contributed by atoms with E-state index in [9.17, 15) is 17.6 Å². The number of carbonyl (C=O) groups excluding carboxylic acids is 1. The molecule has 2 aliphatic heterocycles. The van der Waals surface area contributed by atoms with Crippen LogP contribution in [0, 0.1) is 24.1 Å². The molecule has 0 bridgehead atoms. The summed E-state index contributed by atoms with van der Waals surface area (Å²) >= 11 is 0. The smallest absolute Gasteiger partial charge is 0.243 e. The Morgan fingerprint density at radius 3 is 2.50 bits per heavy atom. The van der Waals surface area contributed by atoms with E-state index >= 15 is 0 Å². The molecule has 3 fully saturated rings. The second-order valence-corrected chi connectivity index (χ2v) is 11.4. The van der Waals surface area contributed by atoms with Crippen LogP contribution in [0.15, 0.2) is 23.1 Å². The number of rotatable bonds is 5. The summed E-state index contributed by atoms with van der Waals surface area (Å²) in [5.41, 5.74) is 0.400. The van der Waals surface area contributed by atoms with Crippen LogP contribution in [-0.2, 0) is 14.8 Å². The molecule has 1 aromatic rings. The summed E-state index contributed by atoms with van der Waals surface area (Å²) in [4.78, 5) is 14.6. The molecule has 0 N–H and O–H groups in total. The normalized spacial score (nSPS) is 24.6. The highest BCUT2D eigenvalue weighted by atomic mass is 32.2. The molecule has 2 heterocycles. The first-order valence-electron chi connectivity index (χ1n) is 11.4. The molecule has 2 saturated heterocycles. The zero-order valence-electron chi connectivity index (χ0n) is 17.9. The average Bonchev–Trinajstić information content (AvgIpc) is 3.38. The minimum Gasteiger partial charge on any atom is -0.343 e. The van der Waals surface area contributed by atoms with Crippen molar-refractivity contribution in [1.82, 2.24) is 9.21 Å². The van der Waals surface area contributed by atoms with Gasteiger partial charge in [-0.15, -0.1) is 0 Å². The molecule has 1 atom stereocenters. The van der Waals surface area contributed by atoms with Crippen LogP contribution in [0.5, 0.6) is 0 Å². The summed E-state index contributed by atoms with van der Waals surface area (Å²) in [6.45, 7) is 4.27. The van der Waals surface area contributed by atoms with Gasteiger partial charge in [-0.2, -0.15) is 4.31 Å². The van der Waals surface area contributed by atoms with Gasteiger partial charge in [-0.05, 0) is 68.1 Å². The van der Waals surface area contributed by atoms with Gasteiger partial charge in [0.2, 0.25) is 15.9 Å². The number of nitrogens with zero attached hydrogens (tertiary/aromatic N) is 2. The second-order valence-electron chi connectivity index (χ2n) is 9.46. The summed E-state index contributed by atoms with van der Waals surface area (Å²) in [5.74, 6) is -0.0924. The van der Waals surface area contributed by atoms with Crippen molar-refractivity contribution in [2.75, 3.05) is 26.2 Å². The van der Waals surface area contributed by atoms with Gasteiger partial charge in [-0.1, -0.05) is 25.3 Å². The molecular formula is C23H33FN2O3S. The third-order valence-corrected chi connectivity index (χ3v) is 9.38. The molecular weight excluding hydrogens is 403 g/mol. The Kier molecular flexibility index (Phi) is 6.22. The monoisotopic (exact) mass is 436 g/mol. The molecule has 1 aliphatic carbocycles. The van der Waals surface area contributed by atoms with E-state index in [0.717, 1.165) is 64.1 Å². The Morgan fingerprint density at radius 2 is 1.83 bits per heavy atom. The fourth-order valence-corrected chi connectivity index (χ4v) is 7.29. The molecule has 5 nitrogen and oxygen atoms in total. The van der Waals surface area contributed by atoms with E-state index in [1.54, 1.807) is 11.2 Å². The van der Waals surface area contributed by atoms with Crippen LogP contribution >= 0.6 is 0 Å². The topological polar surface area (TPSA) is 57.7 Å². The minimum atomic E-state index is -3.74. The number of benzene rings is 1. The lowest BCUT2D eigenvalue weighted by Crippen LogP contribution is -2.35. The number of sulfonamides is 1. The molecule has 1 spiro atoms. The standard InChI is InChI=1S/C23H33FN2O3S/c1-18-7-9-20(15-21(18)24)30(28,29)26-16-19(23(17-26)11-3-2-4-12-23)8-10-22(27)25-13-5-6-14-25/h7,9,15,19H,2-6,8,10-14,16-17H2,1H3. The van der Waals surface area contributed by atoms with Crippen LogP contribution in [0.4, 0.5) is 4.39 Å². The van der Waals surface area contributed by atoms with Gasteiger partial charge < -0.3 is 4.90 Å². The summed E-state index contributed by atoms with van der Waals surface area (Å²) in [5, 5.41) is 0. The van der Waals surface area contributed by atoms with Crippen molar-refractivity contribution in [3.63, 3.8) is 0 Å². The van der Waals surface area contributed by atoms with Crippen molar-refractivity contribution < 1.29 is 17.6 Å². The molecule has 0 aromatic heterocycles. The van der Waals surface area contributed by atoms with E-state index in [1.165, 1.54) is 18.6 Å². The van der Waals surface area contributed by atoms with Crippen molar-refractivity contribution in [1.29, 1.82) is 0 Å². The first-order valence-corrected chi connectivity index (χ1v) is 12.8. The number of carbonyl (C=O) groups is 1. The largest absolute Gasteiger partial charge is 0.343 e. The van der Waals surface area contributed by atoms with Gasteiger partial charge in [-0.25, -0.2) is 12.8 Å². The fourth-order valence-electron chi connectivity index (χ4n) is 5.69. The Morgan fingerprint density at radius 1 is 1.13 bits per heavy atom. The van der Waals surface area contributed by atoms with E-state index < -0.39 is 15.8 Å². The van der Waals surface area contributed by atoms with E-state index in [2.05, 4.69) is 0 Å². The lowest BCUT2D eigenvalue weighted by atomic mass is 9.66. The van der Waals surface area contributed by atoms with Gasteiger partial charge in [0, 0.05) is 32.6 Å². The van der Waals surface area contributed by atoms with Crippen molar-refractivity contribution in [3.8, 4) is 0 Å². The molecule has 166 valence electrons. The highest BCUT2D eigenvalue weighted by Gasteiger charge is 2.50. The van der Waals surface area contributed by atoms with Crippen LogP contribution in [0.1, 0.15) is 63.4 Å². The van der Waals surface area contributed by atoms with Gasteiger partial charge in [0.05, 0.1) is 4.90 Å². The zero-order valence-corrected chi connectivity index (χ0v) is 18.7. The summed E-state index contributed by atoms with van der Waals surface area (Å²) in [7, 11) is -3.74. The number of likely N-dealkylation sites (tertiary alicyclic amines) is 1. The minimum absolute atomic E-state index is 0.0327. The number of amides is 1. The first kappa shape index (κ1) is 21.8. The fraction of sp³-hybridized carbons (Fsp3) is 0.696. The van der Waals surface area contributed by atoms with Crippen LogP contribution in [0.25, 0.3) is 0 Å². The highest BCUT2D eigenvalue weighted by Crippen LogP contribution is 2.50. The summed E-state index contributed by atoms with van der Waals surface area (Å²) in [6, 6.07) is 4.18. The Bertz CT molecular complexity index is 890. The van der Waals surface area contributed by atoms with Crippen molar-refractivity contribution >= 4 is 15.9 Å². The lowest BCUT2D eigenvalue weighted by Gasteiger charge is -2.38. The van der Waals surface area contributed by atoms with Crippen molar-refractivity contribution in [3.05, 3.63) is 29.6 Å². The number of halogens is 1. The molecule has 1 saturated carbocycles. The van der Waals surface area contributed by atoms with Gasteiger partial charge in [0.15, 0.2) is 0 Å². The zero-order chi connectivity index (χ0) is 21.4. The van der Waals surface area contributed by atoms with Gasteiger partial charge in [0.1, 0.15) is 5.82 Å². The first-order chi connectivity index (χ1) is 14.3. The van der Waals surface area contributed by atoms with Gasteiger partial charge in [0.25, 0.3) is 0 Å². The SMILES string of the molecule is Cc1ccc(S(=O)(=O)N2CC(CCC(=O)N3CCCC3)C3(CCCCC3)C2)cc1F. The van der Waals surface area contributed by atoms with Crippen LogP contribution in [-0.4, -0.2) is 49.7 Å². The maximum absolute atomic E-state index is 14.1. The summed E-state index contributed by atoms with van der Waals surface area (Å²) < 4.78 is 42.2. The molecule has 30 heavy (non-hydrogen) atoms. The van der Waals surface area contributed by atoms with Crippen molar-refractivity contribution in [2.24, 2.45) is 11.3 Å². The molecule has 1 amide bonds. The number of aryl methyl sites for hydroxylation is 1.